The van der Waals surface area contributed by atoms with Crippen molar-refractivity contribution in [1.29, 1.82) is 0 Å². The lowest BCUT2D eigenvalue weighted by atomic mass is 9.87. The second-order valence-corrected chi connectivity index (χ2v) is 6.13. The molecule has 0 heterocycles. The van der Waals surface area contributed by atoms with Gasteiger partial charge in [0.15, 0.2) is 0 Å². The molecule has 0 saturated heterocycles. The summed E-state index contributed by atoms with van der Waals surface area (Å²) in [5.41, 5.74) is 0. The monoisotopic (exact) mass is 279 g/mol. The minimum Gasteiger partial charge on any atom is -0.465 e. The fraction of sp³-hybridized carbons (Fsp3) is 0.824. The molecule has 2 rings (SSSR count). The van der Waals surface area contributed by atoms with Crippen LogP contribution < -0.4 is 5.32 Å². The van der Waals surface area contributed by atoms with Gasteiger partial charge in [-0.1, -0.05) is 37.8 Å². The maximum Gasteiger partial charge on any atom is 0.323 e. The van der Waals surface area contributed by atoms with Gasteiger partial charge < -0.3 is 10.1 Å². The second kappa shape index (κ2) is 8.46. The Kier molecular flexibility index (Phi) is 6.58. The lowest BCUT2D eigenvalue weighted by Gasteiger charge is -2.30. The SMILES string of the molecule is CCOC(=O)C(NC1CCCCCC1)C1CC=CCC1. The molecule has 3 heteroatoms. The zero-order valence-corrected chi connectivity index (χ0v) is 12.8. The molecule has 0 aromatic heterocycles. The van der Waals surface area contributed by atoms with Crippen molar-refractivity contribution in [3.8, 4) is 0 Å². The molecule has 0 spiro atoms. The maximum absolute atomic E-state index is 12.3. The molecule has 0 aromatic rings. The zero-order chi connectivity index (χ0) is 14.2. The van der Waals surface area contributed by atoms with Gasteiger partial charge in [-0.15, -0.1) is 0 Å². The van der Waals surface area contributed by atoms with Crippen LogP contribution >= 0.6 is 0 Å². The van der Waals surface area contributed by atoms with Crippen LogP contribution in [0.3, 0.4) is 0 Å². The lowest BCUT2D eigenvalue weighted by Crippen LogP contribution is -2.48. The molecular formula is C17H29NO2. The van der Waals surface area contributed by atoms with Crippen molar-refractivity contribution in [2.24, 2.45) is 5.92 Å². The Hall–Kier alpha value is -0.830. The number of allylic oxidation sites excluding steroid dienone is 2. The number of ether oxygens (including phenoxy) is 1. The number of esters is 1. The van der Waals surface area contributed by atoms with Crippen LogP contribution in [-0.4, -0.2) is 24.7 Å². The molecule has 0 amide bonds. The molecule has 0 bridgehead atoms. The Morgan fingerprint density at radius 2 is 1.95 bits per heavy atom. The van der Waals surface area contributed by atoms with E-state index in [1.54, 1.807) is 0 Å². The van der Waals surface area contributed by atoms with E-state index < -0.39 is 0 Å². The largest absolute Gasteiger partial charge is 0.465 e. The van der Waals surface area contributed by atoms with E-state index in [4.69, 9.17) is 4.74 Å². The van der Waals surface area contributed by atoms with Crippen LogP contribution in [0.1, 0.15) is 64.7 Å². The second-order valence-electron chi connectivity index (χ2n) is 6.13. The first-order valence-electron chi connectivity index (χ1n) is 8.39. The highest BCUT2D eigenvalue weighted by Gasteiger charge is 2.31. The van der Waals surface area contributed by atoms with E-state index in [2.05, 4.69) is 17.5 Å². The molecule has 0 aromatic carbocycles. The van der Waals surface area contributed by atoms with Crippen LogP contribution in [0.5, 0.6) is 0 Å². The van der Waals surface area contributed by atoms with Gasteiger partial charge in [0.2, 0.25) is 0 Å². The van der Waals surface area contributed by atoms with Crippen LogP contribution in [0.4, 0.5) is 0 Å². The molecule has 2 aliphatic carbocycles. The standard InChI is InChI=1S/C17H29NO2/c1-2-20-17(19)16(14-10-6-5-7-11-14)18-15-12-8-3-4-9-13-15/h5-6,14-16,18H,2-4,7-13H2,1H3. The molecule has 1 N–H and O–H groups in total. The zero-order valence-electron chi connectivity index (χ0n) is 12.8. The van der Waals surface area contributed by atoms with Crippen molar-refractivity contribution >= 4 is 5.97 Å². The fourth-order valence-corrected chi connectivity index (χ4v) is 3.45. The topological polar surface area (TPSA) is 38.3 Å². The van der Waals surface area contributed by atoms with E-state index in [1.165, 1.54) is 38.5 Å². The van der Waals surface area contributed by atoms with Crippen molar-refractivity contribution in [1.82, 2.24) is 5.32 Å². The van der Waals surface area contributed by atoms with Crippen molar-refractivity contribution in [2.45, 2.75) is 76.8 Å². The van der Waals surface area contributed by atoms with E-state index in [9.17, 15) is 4.79 Å². The third-order valence-electron chi connectivity index (χ3n) is 4.59. The highest BCUT2D eigenvalue weighted by atomic mass is 16.5. The third kappa shape index (κ3) is 4.62. The Bertz CT molecular complexity index is 319. The van der Waals surface area contributed by atoms with E-state index in [0.29, 0.717) is 18.6 Å². The Morgan fingerprint density at radius 1 is 1.20 bits per heavy atom. The maximum atomic E-state index is 12.3. The van der Waals surface area contributed by atoms with E-state index in [0.717, 1.165) is 19.3 Å². The fourth-order valence-electron chi connectivity index (χ4n) is 3.45. The number of carbonyl (C=O) groups is 1. The minimum atomic E-state index is -0.108. The van der Waals surface area contributed by atoms with Gasteiger partial charge in [-0.05, 0) is 44.9 Å². The lowest BCUT2D eigenvalue weighted by molar-refractivity contribution is -0.147. The van der Waals surface area contributed by atoms with Gasteiger partial charge >= 0.3 is 5.97 Å². The summed E-state index contributed by atoms with van der Waals surface area (Å²) in [5.74, 6) is 0.361. The van der Waals surface area contributed by atoms with Gasteiger partial charge in [-0.2, -0.15) is 0 Å². The number of nitrogens with one attached hydrogen (secondary N) is 1. The molecule has 1 fully saturated rings. The van der Waals surface area contributed by atoms with Crippen LogP contribution in [0.2, 0.25) is 0 Å². The number of rotatable bonds is 5. The van der Waals surface area contributed by atoms with Gasteiger partial charge in [0.05, 0.1) is 6.61 Å². The van der Waals surface area contributed by atoms with Crippen molar-refractivity contribution in [3.05, 3.63) is 12.2 Å². The van der Waals surface area contributed by atoms with Crippen molar-refractivity contribution in [3.63, 3.8) is 0 Å². The smallest absolute Gasteiger partial charge is 0.323 e. The Labute approximate surface area is 123 Å². The molecule has 20 heavy (non-hydrogen) atoms. The summed E-state index contributed by atoms with van der Waals surface area (Å²) in [4.78, 5) is 12.3. The summed E-state index contributed by atoms with van der Waals surface area (Å²) in [6.45, 7) is 2.37. The summed E-state index contributed by atoms with van der Waals surface area (Å²) in [6, 6.07) is 0.390. The molecule has 1 saturated carbocycles. The summed E-state index contributed by atoms with van der Waals surface area (Å²) in [5, 5.41) is 3.64. The summed E-state index contributed by atoms with van der Waals surface area (Å²) in [7, 11) is 0. The Balaban J connectivity index is 1.97. The first-order valence-corrected chi connectivity index (χ1v) is 8.39. The Morgan fingerprint density at radius 3 is 2.55 bits per heavy atom. The van der Waals surface area contributed by atoms with E-state index in [1.807, 2.05) is 6.92 Å². The average Bonchev–Trinajstić information content (AvgIpc) is 2.74. The number of hydrogen-bond donors (Lipinski definition) is 1. The molecule has 114 valence electrons. The normalized spacial score (nSPS) is 25.9. The van der Waals surface area contributed by atoms with Crippen LogP contribution in [0.25, 0.3) is 0 Å². The molecular weight excluding hydrogens is 250 g/mol. The van der Waals surface area contributed by atoms with Gasteiger partial charge in [0.25, 0.3) is 0 Å². The average molecular weight is 279 g/mol. The van der Waals surface area contributed by atoms with E-state index in [-0.39, 0.29) is 12.0 Å². The number of hydrogen-bond acceptors (Lipinski definition) is 3. The van der Waals surface area contributed by atoms with Crippen LogP contribution in [0.15, 0.2) is 12.2 Å². The summed E-state index contributed by atoms with van der Waals surface area (Å²) < 4.78 is 5.30. The van der Waals surface area contributed by atoms with Gasteiger partial charge in [-0.25, -0.2) is 0 Å². The molecule has 3 nitrogen and oxygen atoms in total. The van der Waals surface area contributed by atoms with E-state index >= 15 is 0 Å². The summed E-state index contributed by atoms with van der Waals surface area (Å²) in [6.07, 6.45) is 15.3. The van der Waals surface area contributed by atoms with Crippen LogP contribution in [-0.2, 0) is 9.53 Å². The van der Waals surface area contributed by atoms with Crippen molar-refractivity contribution < 1.29 is 9.53 Å². The van der Waals surface area contributed by atoms with Gasteiger partial charge in [0.1, 0.15) is 6.04 Å². The molecule has 0 radical (unpaired) electrons. The van der Waals surface area contributed by atoms with Gasteiger partial charge in [-0.3, -0.25) is 4.79 Å². The third-order valence-corrected chi connectivity index (χ3v) is 4.59. The number of carbonyl (C=O) groups excluding carboxylic acids is 1. The molecule has 2 atom stereocenters. The van der Waals surface area contributed by atoms with Gasteiger partial charge in [0, 0.05) is 6.04 Å². The predicted molar refractivity (Wildman–Crippen MR) is 81.5 cm³/mol. The first-order chi connectivity index (χ1) is 9.81. The molecule has 0 aliphatic heterocycles. The quantitative estimate of drug-likeness (QED) is 0.475. The molecule has 2 unspecified atom stereocenters. The molecule has 2 aliphatic rings. The minimum absolute atomic E-state index is 0.0444. The highest BCUT2D eigenvalue weighted by Crippen LogP contribution is 2.25. The van der Waals surface area contributed by atoms with Crippen LogP contribution in [0, 0.1) is 5.92 Å². The highest BCUT2D eigenvalue weighted by molar-refractivity contribution is 5.76. The summed E-state index contributed by atoms with van der Waals surface area (Å²) >= 11 is 0. The first kappa shape index (κ1) is 15.6. The van der Waals surface area contributed by atoms with Crippen molar-refractivity contribution in [2.75, 3.05) is 6.61 Å². The predicted octanol–water partition coefficient (Wildman–Crippen LogP) is 3.59.